The first-order valence-corrected chi connectivity index (χ1v) is 7.98. The summed E-state index contributed by atoms with van der Waals surface area (Å²) < 4.78 is 24.6. The predicted molar refractivity (Wildman–Crippen MR) is 82.5 cm³/mol. The largest absolute Gasteiger partial charge is 0.382 e. The van der Waals surface area contributed by atoms with E-state index in [0.717, 1.165) is 11.3 Å². The summed E-state index contributed by atoms with van der Waals surface area (Å²) in [5.74, 6) is 0.0211. The molecule has 0 bridgehead atoms. The van der Waals surface area contributed by atoms with Crippen molar-refractivity contribution in [3.8, 4) is 0 Å². The summed E-state index contributed by atoms with van der Waals surface area (Å²) in [7, 11) is -3.30. The van der Waals surface area contributed by atoms with Gasteiger partial charge in [0.2, 0.25) is 0 Å². The Morgan fingerprint density at radius 2 is 1.65 bits per heavy atom. The fraction of sp³-hybridized carbons (Fsp3) is 0.125. The van der Waals surface area contributed by atoms with Gasteiger partial charge in [0.05, 0.1) is 10.6 Å². The third kappa shape index (κ3) is 3.71. The first-order valence-electron chi connectivity index (χ1n) is 6.33. The molecule has 104 valence electrons. The van der Waals surface area contributed by atoms with Crippen LogP contribution >= 0.6 is 0 Å². The Bertz CT molecular complexity index is 661. The van der Waals surface area contributed by atoms with Crippen LogP contribution in [0.5, 0.6) is 0 Å². The van der Waals surface area contributed by atoms with Crippen LogP contribution in [0.25, 0.3) is 0 Å². The van der Waals surface area contributed by atoms with Crippen molar-refractivity contribution < 1.29 is 8.42 Å². The lowest BCUT2D eigenvalue weighted by Crippen LogP contribution is -2.05. The van der Waals surface area contributed by atoms with E-state index in [0.29, 0.717) is 11.4 Å². The Balaban J connectivity index is 2.15. The molecule has 0 aliphatic rings. The molecule has 0 saturated heterocycles. The van der Waals surface area contributed by atoms with Gasteiger partial charge in [0, 0.05) is 12.2 Å². The average molecular weight is 287 g/mol. The molecule has 0 heterocycles. The number of nitrogens with one attached hydrogen (secondary N) is 1. The molecule has 0 radical (unpaired) electrons. The van der Waals surface area contributed by atoms with Crippen molar-refractivity contribution in [3.63, 3.8) is 0 Å². The molecule has 4 heteroatoms. The van der Waals surface area contributed by atoms with Gasteiger partial charge in [-0.05, 0) is 29.8 Å². The SMILES string of the molecule is C=CCNc1ccc(S(=O)(=O)Cc2ccccc2)cc1. The molecule has 2 rings (SSSR count). The zero-order valence-corrected chi connectivity index (χ0v) is 11.9. The Labute approximate surface area is 119 Å². The van der Waals surface area contributed by atoms with E-state index in [9.17, 15) is 8.42 Å². The van der Waals surface area contributed by atoms with Gasteiger partial charge in [-0.1, -0.05) is 36.4 Å². The zero-order valence-electron chi connectivity index (χ0n) is 11.1. The molecule has 0 aromatic heterocycles. The minimum Gasteiger partial charge on any atom is -0.382 e. The van der Waals surface area contributed by atoms with E-state index >= 15 is 0 Å². The smallest absolute Gasteiger partial charge is 0.182 e. The summed E-state index contributed by atoms with van der Waals surface area (Å²) in [5.41, 5.74) is 1.67. The maximum Gasteiger partial charge on any atom is 0.182 e. The molecule has 0 amide bonds. The summed E-state index contributed by atoms with van der Waals surface area (Å²) in [6, 6.07) is 16.0. The van der Waals surface area contributed by atoms with Crippen LogP contribution in [0.15, 0.2) is 72.1 Å². The van der Waals surface area contributed by atoms with Gasteiger partial charge in [-0.3, -0.25) is 0 Å². The maximum absolute atomic E-state index is 12.3. The lowest BCUT2D eigenvalue weighted by Gasteiger charge is -2.07. The van der Waals surface area contributed by atoms with Crippen molar-refractivity contribution in [1.82, 2.24) is 0 Å². The highest BCUT2D eigenvalue weighted by atomic mass is 32.2. The molecule has 0 saturated carbocycles. The van der Waals surface area contributed by atoms with E-state index in [1.807, 2.05) is 30.3 Å². The van der Waals surface area contributed by atoms with Crippen LogP contribution in [0.2, 0.25) is 0 Å². The van der Waals surface area contributed by atoms with Crippen LogP contribution in [0.4, 0.5) is 5.69 Å². The summed E-state index contributed by atoms with van der Waals surface area (Å²) in [4.78, 5) is 0.338. The average Bonchev–Trinajstić information content (AvgIpc) is 2.46. The highest BCUT2D eigenvalue weighted by molar-refractivity contribution is 7.90. The van der Waals surface area contributed by atoms with Gasteiger partial charge >= 0.3 is 0 Å². The van der Waals surface area contributed by atoms with Gasteiger partial charge in [0.25, 0.3) is 0 Å². The number of rotatable bonds is 6. The highest BCUT2D eigenvalue weighted by Crippen LogP contribution is 2.18. The fourth-order valence-corrected chi connectivity index (χ4v) is 3.20. The molecule has 0 unspecified atom stereocenters. The normalized spacial score (nSPS) is 11.0. The van der Waals surface area contributed by atoms with Gasteiger partial charge in [0.15, 0.2) is 9.84 Å². The summed E-state index contributed by atoms with van der Waals surface area (Å²) in [6.45, 7) is 4.27. The molecule has 2 aromatic carbocycles. The summed E-state index contributed by atoms with van der Waals surface area (Å²) >= 11 is 0. The Morgan fingerprint density at radius 3 is 2.25 bits per heavy atom. The van der Waals surface area contributed by atoms with Crippen molar-refractivity contribution in [1.29, 1.82) is 0 Å². The van der Waals surface area contributed by atoms with E-state index < -0.39 is 9.84 Å². The van der Waals surface area contributed by atoms with Crippen molar-refractivity contribution >= 4 is 15.5 Å². The molecule has 0 spiro atoms. The molecule has 1 N–H and O–H groups in total. The molecule has 0 aliphatic carbocycles. The third-order valence-electron chi connectivity index (χ3n) is 2.86. The molecule has 0 fully saturated rings. The standard InChI is InChI=1S/C16H17NO2S/c1-2-12-17-15-8-10-16(11-9-15)20(18,19)13-14-6-4-3-5-7-14/h2-11,17H,1,12-13H2. The fourth-order valence-electron chi connectivity index (χ4n) is 1.85. The minimum atomic E-state index is -3.30. The number of sulfone groups is 1. The number of hydrogen-bond donors (Lipinski definition) is 1. The van der Waals surface area contributed by atoms with Crippen molar-refractivity contribution in [2.45, 2.75) is 10.6 Å². The number of anilines is 1. The van der Waals surface area contributed by atoms with Gasteiger partial charge in [0.1, 0.15) is 0 Å². The number of benzene rings is 2. The Morgan fingerprint density at radius 1 is 1.00 bits per heavy atom. The quantitative estimate of drug-likeness (QED) is 0.830. The van der Waals surface area contributed by atoms with Crippen molar-refractivity contribution in [3.05, 3.63) is 72.8 Å². The van der Waals surface area contributed by atoms with Crippen LogP contribution in [-0.4, -0.2) is 15.0 Å². The van der Waals surface area contributed by atoms with E-state index in [1.54, 1.807) is 30.3 Å². The summed E-state index contributed by atoms with van der Waals surface area (Å²) in [5, 5.41) is 3.11. The van der Waals surface area contributed by atoms with Crippen LogP contribution in [0.3, 0.4) is 0 Å². The molecule has 3 nitrogen and oxygen atoms in total. The Kier molecular flexibility index (Phi) is 4.58. The van der Waals surface area contributed by atoms with E-state index in [2.05, 4.69) is 11.9 Å². The lowest BCUT2D eigenvalue weighted by molar-refractivity contribution is 0.595. The van der Waals surface area contributed by atoms with Gasteiger partial charge < -0.3 is 5.32 Å². The second kappa shape index (κ2) is 6.39. The molecule has 20 heavy (non-hydrogen) atoms. The van der Waals surface area contributed by atoms with Crippen LogP contribution in [0, 0.1) is 0 Å². The van der Waals surface area contributed by atoms with Gasteiger partial charge in [-0.25, -0.2) is 8.42 Å². The molecule has 0 aliphatic heterocycles. The second-order valence-corrected chi connectivity index (χ2v) is 6.43. The van der Waals surface area contributed by atoms with Crippen molar-refractivity contribution in [2.24, 2.45) is 0 Å². The Hall–Kier alpha value is -2.07. The van der Waals surface area contributed by atoms with E-state index in [4.69, 9.17) is 0 Å². The molecule has 2 aromatic rings. The van der Waals surface area contributed by atoms with Crippen LogP contribution < -0.4 is 5.32 Å². The topological polar surface area (TPSA) is 46.2 Å². The molecular weight excluding hydrogens is 270 g/mol. The highest BCUT2D eigenvalue weighted by Gasteiger charge is 2.14. The zero-order chi connectivity index (χ0) is 14.4. The van der Waals surface area contributed by atoms with E-state index in [-0.39, 0.29) is 5.75 Å². The van der Waals surface area contributed by atoms with Crippen molar-refractivity contribution in [2.75, 3.05) is 11.9 Å². The van der Waals surface area contributed by atoms with Crippen LogP contribution in [0.1, 0.15) is 5.56 Å². The lowest BCUT2D eigenvalue weighted by atomic mass is 10.2. The van der Waals surface area contributed by atoms with Gasteiger partial charge in [-0.2, -0.15) is 0 Å². The molecular formula is C16H17NO2S. The van der Waals surface area contributed by atoms with Crippen LogP contribution in [-0.2, 0) is 15.6 Å². The first kappa shape index (κ1) is 14.3. The predicted octanol–water partition coefficient (Wildman–Crippen LogP) is 3.26. The third-order valence-corrected chi connectivity index (χ3v) is 4.57. The number of hydrogen-bond acceptors (Lipinski definition) is 3. The van der Waals surface area contributed by atoms with E-state index in [1.165, 1.54) is 0 Å². The summed E-state index contributed by atoms with van der Waals surface area (Å²) in [6.07, 6.45) is 1.75. The monoisotopic (exact) mass is 287 g/mol. The minimum absolute atomic E-state index is 0.0211. The first-order chi connectivity index (χ1) is 9.62. The van der Waals surface area contributed by atoms with Gasteiger partial charge in [-0.15, -0.1) is 6.58 Å². The molecule has 0 atom stereocenters. The maximum atomic E-state index is 12.3. The second-order valence-electron chi connectivity index (χ2n) is 4.44.